The number of carbonyl (C=O) groups excluding carboxylic acids is 1. The summed E-state index contributed by atoms with van der Waals surface area (Å²) >= 11 is 0. The van der Waals surface area contributed by atoms with Gasteiger partial charge in [-0.1, -0.05) is 18.2 Å². The molecule has 4 aliphatic rings. The van der Waals surface area contributed by atoms with Crippen molar-refractivity contribution in [1.82, 2.24) is 15.5 Å². The van der Waals surface area contributed by atoms with Crippen molar-refractivity contribution < 1.29 is 9.18 Å². The lowest BCUT2D eigenvalue weighted by Gasteiger charge is -2.54. The smallest absolute Gasteiger partial charge is 0.318 e. The van der Waals surface area contributed by atoms with Crippen LogP contribution in [0.3, 0.4) is 0 Å². The van der Waals surface area contributed by atoms with Crippen molar-refractivity contribution >= 4 is 11.7 Å². The van der Waals surface area contributed by atoms with Crippen LogP contribution >= 0.6 is 0 Å². The van der Waals surface area contributed by atoms with Gasteiger partial charge in [-0.25, -0.2) is 9.18 Å². The van der Waals surface area contributed by atoms with E-state index in [0.29, 0.717) is 18.6 Å². The van der Waals surface area contributed by atoms with Crippen LogP contribution in [0.15, 0.2) is 42.5 Å². The first-order chi connectivity index (χ1) is 15.5. The molecule has 0 spiro atoms. The van der Waals surface area contributed by atoms with Gasteiger partial charge in [0.1, 0.15) is 5.82 Å². The minimum Gasteiger partial charge on any atom is -0.318 e. The zero-order chi connectivity index (χ0) is 22.2. The number of halogens is 1. The molecule has 2 aromatic rings. The molecule has 2 amide bonds. The highest BCUT2D eigenvalue weighted by molar-refractivity contribution is 5.89. The van der Waals surface area contributed by atoms with Crippen LogP contribution < -0.4 is 16.0 Å². The Hall–Kier alpha value is -2.44. The summed E-state index contributed by atoms with van der Waals surface area (Å²) in [7, 11) is 2.00. The molecule has 0 unspecified atom stereocenters. The molecule has 2 bridgehead atoms. The van der Waals surface area contributed by atoms with Gasteiger partial charge < -0.3 is 20.9 Å². The largest absolute Gasteiger partial charge is 0.322 e. The van der Waals surface area contributed by atoms with Crippen LogP contribution in [0, 0.1) is 5.82 Å². The second-order valence-corrected chi connectivity index (χ2v) is 9.87. The summed E-state index contributed by atoms with van der Waals surface area (Å²) in [6, 6.07) is 13.1. The molecule has 1 heterocycles. The Labute approximate surface area is 189 Å². The average Bonchev–Trinajstić information content (AvgIpc) is 3.24. The Morgan fingerprint density at radius 3 is 2.31 bits per heavy atom. The number of hydrogen-bond acceptors (Lipinski definition) is 3. The van der Waals surface area contributed by atoms with Crippen LogP contribution in [0.25, 0.3) is 0 Å². The number of urea groups is 1. The molecule has 170 valence electrons. The maximum Gasteiger partial charge on any atom is 0.322 e. The second kappa shape index (κ2) is 8.49. The van der Waals surface area contributed by atoms with Gasteiger partial charge in [0.15, 0.2) is 0 Å². The fourth-order valence-corrected chi connectivity index (χ4v) is 5.95. The Kier molecular flexibility index (Phi) is 5.68. The Balaban J connectivity index is 1.19. The number of benzene rings is 2. The standard InChI is InChI=1S/C26H33FN4O/c1-28-14-15-29-26-11-8-25(9-12-26,10-13-26)21-3-6-23(7-4-21)30-24(32)31-17-19-2-5-22(27)16-20(19)18-31/h2-7,16,28-29H,8-15,17-18H2,1H3,(H,30,32). The molecule has 32 heavy (non-hydrogen) atoms. The van der Waals surface area contributed by atoms with Gasteiger partial charge >= 0.3 is 6.03 Å². The van der Waals surface area contributed by atoms with Crippen molar-refractivity contribution in [3.63, 3.8) is 0 Å². The van der Waals surface area contributed by atoms with Gasteiger partial charge in [-0.15, -0.1) is 0 Å². The molecule has 3 fully saturated rings. The van der Waals surface area contributed by atoms with E-state index in [0.717, 1.165) is 29.9 Å². The van der Waals surface area contributed by atoms with Crippen LogP contribution in [0.5, 0.6) is 0 Å². The molecule has 3 aliphatic carbocycles. The first kappa shape index (κ1) is 21.4. The summed E-state index contributed by atoms with van der Waals surface area (Å²) < 4.78 is 13.5. The topological polar surface area (TPSA) is 56.4 Å². The van der Waals surface area contributed by atoms with Crippen molar-refractivity contribution in [2.75, 3.05) is 25.5 Å². The molecule has 6 heteroatoms. The highest BCUT2D eigenvalue weighted by Gasteiger charge is 2.48. The minimum atomic E-state index is -0.252. The quantitative estimate of drug-likeness (QED) is 0.584. The highest BCUT2D eigenvalue weighted by atomic mass is 19.1. The van der Waals surface area contributed by atoms with E-state index in [9.17, 15) is 9.18 Å². The third-order valence-electron chi connectivity index (χ3n) is 8.05. The van der Waals surface area contributed by atoms with E-state index in [2.05, 4.69) is 28.1 Å². The van der Waals surface area contributed by atoms with Crippen LogP contribution in [0.1, 0.15) is 55.2 Å². The molecule has 0 saturated heterocycles. The Morgan fingerprint density at radius 2 is 1.62 bits per heavy atom. The molecular formula is C26H33FN4O. The number of rotatable bonds is 6. The maximum atomic E-state index is 13.5. The predicted molar refractivity (Wildman–Crippen MR) is 125 cm³/mol. The fraction of sp³-hybridized carbons (Fsp3) is 0.500. The first-order valence-electron chi connectivity index (χ1n) is 11.8. The summed E-state index contributed by atoms with van der Waals surface area (Å²) in [5.41, 5.74) is 4.75. The zero-order valence-electron chi connectivity index (χ0n) is 18.8. The molecule has 3 saturated carbocycles. The zero-order valence-corrected chi connectivity index (χ0v) is 18.8. The summed E-state index contributed by atoms with van der Waals surface area (Å²) in [6.07, 6.45) is 7.41. The SMILES string of the molecule is CNCCNC12CCC(c3ccc(NC(=O)N4Cc5ccc(F)cc5C4)cc3)(CC1)CC2. The summed E-state index contributed by atoms with van der Waals surface area (Å²) in [5, 5.41) is 10.1. The van der Waals surface area contributed by atoms with Gasteiger partial charge in [0, 0.05) is 37.4 Å². The number of fused-ring (bicyclic) bond motifs is 4. The number of anilines is 1. The molecule has 0 radical (unpaired) electrons. The summed E-state index contributed by atoms with van der Waals surface area (Å²) in [6.45, 7) is 3.02. The maximum absolute atomic E-state index is 13.5. The number of amides is 2. The highest BCUT2D eigenvalue weighted by Crippen LogP contribution is 2.53. The molecule has 0 aromatic heterocycles. The van der Waals surface area contributed by atoms with Crippen LogP contribution in [-0.4, -0.2) is 36.6 Å². The molecular weight excluding hydrogens is 403 g/mol. The van der Waals surface area contributed by atoms with E-state index in [1.54, 1.807) is 11.0 Å². The van der Waals surface area contributed by atoms with Crippen molar-refractivity contribution in [2.45, 2.75) is 62.6 Å². The number of likely N-dealkylation sites (N-methyl/N-ethyl adjacent to an activating group) is 1. The van der Waals surface area contributed by atoms with E-state index in [1.165, 1.54) is 56.2 Å². The van der Waals surface area contributed by atoms with Crippen molar-refractivity contribution in [3.8, 4) is 0 Å². The first-order valence-corrected chi connectivity index (χ1v) is 11.8. The number of hydrogen-bond donors (Lipinski definition) is 3. The normalized spacial score (nSPS) is 26.2. The number of nitrogens with one attached hydrogen (secondary N) is 3. The third kappa shape index (κ3) is 4.02. The van der Waals surface area contributed by atoms with Crippen LogP contribution in [0.4, 0.5) is 14.9 Å². The van der Waals surface area contributed by atoms with E-state index in [4.69, 9.17) is 0 Å². The second-order valence-electron chi connectivity index (χ2n) is 9.87. The van der Waals surface area contributed by atoms with Crippen molar-refractivity contribution in [2.24, 2.45) is 0 Å². The number of nitrogens with zero attached hydrogens (tertiary/aromatic N) is 1. The van der Waals surface area contributed by atoms with Gasteiger partial charge in [0.25, 0.3) is 0 Å². The molecule has 3 N–H and O–H groups in total. The van der Waals surface area contributed by atoms with E-state index >= 15 is 0 Å². The molecule has 5 nitrogen and oxygen atoms in total. The lowest BCUT2D eigenvalue weighted by Crippen LogP contribution is -2.57. The van der Waals surface area contributed by atoms with Gasteiger partial charge in [-0.05, 0) is 91.9 Å². The Bertz CT molecular complexity index is 965. The summed E-state index contributed by atoms with van der Waals surface area (Å²) in [5.74, 6) is -0.252. The Morgan fingerprint density at radius 1 is 0.938 bits per heavy atom. The van der Waals surface area contributed by atoms with E-state index < -0.39 is 0 Å². The number of carbonyl (C=O) groups is 1. The third-order valence-corrected chi connectivity index (χ3v) is 8.05. The van der Waals surface area contributed by atoms with E-state index in [1.807, 2.05) is 19.2 Å². The molecule has 2 aromatic carbocycles. The average molecular weight is 437 g/mol. The van der Waals surface area contributed by atoms with Gasteiger partial charge in [0.05, 0.1) is 0 Å². The minimum absolute atomic E-state index is 0.139. The van der Waals surface area contributed by atoms with Crippen molar-refractivity contribution in [3.05, 3.63) is 65.0 Å². The van der Waals surface area contributed by atoms with Crippen molar-refractivity contribution in [1.29, 1.82) is 0 Å². The van der Waals surface area contributed by atoms with Crippen LogP contribution in [0.2, 0.25) is 0 Å². The fourth-order valence-electron chi connectivity index (χ4n) is 5.95. The predicted octanol–water partition coefficient (Wildman–Crippen LogP) is 4.53. The molecule has 0 atom stereocenters. The van der Waals surface area contributed by atoms with Gasteiger partial charge in [-0.2, -0.15) is 0 Å². The lowest BCUT2D eigenvalue weighted by molar-refractivity contribution is 0.0778. The van der Waals surface area contributed by atoms with Gasteiger partial charge in [-0.3, -0.25) is 0 Å². The molecule has 1 aliphatic heterocycles. The van der Waals surface area contributed by atoms with Crippen LogP contribution in [-0.2, 0) is 18.5 Å². The van der Waals surface area contributed by atoms with Gasteiger partial charge in [0.2, 0.25) is 0 Å². The monoisotopic (exact) mass is 436 g/mol. The molecule has 6 rings (SSSR count). The summed E-state index contributed by atoms with van der Waals surface area (Å²) in [4.78, 5) is 14.5. The lowest BCUT2D eigenvalue weighted by atomic mass is 9.55. The van der Waals surface area contributed by atoms with E-state index in [-0.39, 0.29) is 17.3 Å².